The summed E-state index contributed by atoms with van der Waals surface area (Å²) in [5, 5.41) is 4.10. The van der Waals surface area contributed by atoms with Crippen molar-refractivity contribution in [2.75, 3.05) is 18.4 Å². The van der Waals surface area contributed by atoms with E-state index in [1.807, 2.05) is 23.1 Å². The molecule has 30 heavy (non-hydrogen) atoms. The Morgan fingerprint density at radius 1 is 0.800 bits per heavy atom. The Labute approximate surface area is 181 Å². The van der Waals surface area contributed by atoms with Crippen molar-refractivity contribution in [3.05, 3.63) is 101 Å². The molecule has 1 N–H and O–H groups in total. The van der Waals surface area contributed by atoms with Gasteiger partial charge in [0.05, 0.1) is 5.56 Å². The lowest BCUT2D eigenvalue weighted by molar-refractivity contribution is 0.0714. The third-order valence-corrected chi connectivity index (χ3v) is 5.69. The molecule has 5 heteroatoms. The summed E-state index contributed by atoms with van der Waals surface area (Å²) < 4.78 is 0. The second-order valence-corrected chi connectivity index (χ2v) is 7.89. The first-order chi connectivity index (χ1) is 14.6. The number of hydrogen-bond donors (Lipinski definition) is 1. The van der Waals surface area contributed by atoms with E-state index in [0.29, 0.717) is 40.8 Å². The fraction of sp³-hybridized carbons (Fsp3) is 0.200. The number of benzene rings is 3. The molecule has 0 bridgehead atoms. The Bertz CT molecular complexity index is 1030. The Hall–Kier alpha value is -3.11. The Balaban J connectivity index is 1.45. The summed E-state index contributed by atoms with van der Waals surface area (Å²) in [7, 11) is 0. The SMILES string of the molecule is O=C(c1ccc(Cl)cc1)c1ccccc1C(=O)N1CCC(Nc2ccccc2)CC1. The highest BCUT2D eigenvalue weighted by Gasteiger charge is 2.26. The molecule has 4 nitrogen and oxygen atoms in total. The van der Waals surface area contributed by atoms with Gasteiger partial charge in [0, 0.05) is 41.0 Å². The molecular weight excluding hydrogens is 396 g/mol. The second kappa shape index (κ2) is 9.14. The molecule has 1 fully saturated rings. The van der Waals surface area contributed by atoms with E-state index in [4.69, 9.17) is 11.6 Å². The minimum absolute atomic E-state index is 0.0916. The van der Waals surface area contributed by atoms with Gasteiger partial charge >= 0.3 is 0 Å². The van der Waals surface area contributed by atoms with Crippen molar-refractivity contribution in [1.82, 2.24) is 4.90 Å². The molecule has 1 heterocycles. The summed E-state index contributed by atoms with van der Waals surface area (Å²) in [5.74, 6) is -0.262. The van der Waals surface area contributed by atoms with Crippen LogP contribution < -0.4 is 5.32 Å². The summed E-state index contributed by atoms with van der Waals surface area (Å²) in [4.78, 5) is 28.0. The van der Waals surface area contributed by atoms with Gasteiger partial charge in [-0.05, 0) is 55.3 Å². The van der Waals surface area contributed by atoms with Crippen LogP contribution in [0, 0.1) is 0 Å². The zero-order valence-corrected chi connectivity index (χ0v) is 17.3. The highest BCUT2D eigenvalue weighted by atomic mass is 35.5. The zero-order chi connectivity index (χ0) is 20.9. The van der Waals surface area contributed by atoms with E-state index in [1.54, 1.807) is 48.5 Å². The number of ketones is 1. The number of hydrogen-bond acceptors (Lipinski definition) is 3. The van der Waals surface area contributed by atoms with Crippen LogP contribution in [0.5, 0.6) is 0 Å². The van der Waals surface area contributed by atoms with Gasteiger partial charge in [-0.25, -0.2) is 0 Å². The fourth-order valence-corrected chi connectivity index (χ4v) is 3.92. The predicted molar refractivity (Wildman–Crippen MR) is 120 cm³/mol. The third-order valence-electron chi connectivity index (χ3n) is 5.44. The van der Waals surface area contributed by atoms with Gasteiger partial charge in [0.15, 0.2) is 5.78 Å². The van der Waals surface area contributed by atoms with Gasteiger partial charge in [0.2, 0.25) is 0 Å². The smallest absolute Gasteiger partial charge is 0.254 e. The van der Waals surface area contributed by atoms with Gasteiger partial charge in [-0.1, -0.05) is 48.0 Å². The summed E-state index contributed by atoms with van der Waals surface area (Å²) in [6.45, 7) is 1.32. The number of anilines is 1. The maximum absolute atomic E-state index is 13.2. The normalized spacial score (nSPS) is 14.4. The predicted octanol–water partition coefficient (Wildman–Crippen LogP) is 5.29. The van der Waals surface area contributed by atoms with E-state index >= 15 is 0 Å². The van der Waals surface area contributed by atoms with Crippen LogP contribution in [-0.4, -0.2) is 35.7 Å². The zero-order valence-electron chi connectivity index (χ0n) is 16.6. The highest BCUT2D eigenvalue weighted by Crippen LogP contribution is 2.22. The molecule has 1 saturated heterocycles. The number of nitrogens with zero attached hydrogens (tertiary/aromatic N) is 1. The number of para-hydroxylation sites is 1. The third kappa shape index (κ3) is 4.55. The molecule has 1 amide bonds. The number of halogens is 1. The summed E-state index contributed by atoms with van der Waals surface area (Å²) >= 11 is 5.93. The lowest BCUT2D eigenvalue weighted by Gasteiger charge is -2.33. The molecule has 152 valence electrons. The standard InChI is InChI=1S/C25H23ClN2O2/c26-19-12-10-18(11-13-19)24(29)22-8-4-5-9-23(22)25(30)28-16-14-21(15-17-28)27-20-6-2-1-3-7-20/h1-13,21,27H,14-17H2. The lowest BCUT2D eigenvalue weighted by Crippen LogP contribution is -2.42. The molecule has 0 saturated carbocycles. The van der Waals surface area contributed by atoms with Crippen molar-refractivity contribution in [2.45, 2.75) is 18.9 Å². The number of carbonyl (C=O) groups excluding carboxylic acids is 2. The van der Waals surface area contributed by atoms with E-state index in [0.717, 1.165) is 18.5 Å². The quantitative estimate of drug-likeness (QED) is 0.573. The molecule has 0 radical (unpaired) electrons. The molecule has 0 spiro atoms. The topological polar surface area (TPSA) is 49.4 Å². The highest BCUT2D eigenvalue weighted by molar-refractivity contribution is 6.30. The Morgan fingerprint density at radius 3 is 2.07 bits per heavy atom. The number of nitrogens with one attached hydrogen (secondary N) is 1. The number of carbonyl (C=O) groups is 2. The Kier molecular flexibility index (Phi) is 6.15. The molecule has 3 aromatic rings. The van der Waals surface area contributed by atoms with E-state index in [2.05, 4.69) is 17.4 Å². The van der Waals surface area contributed by atoms with Gasteiger partial charge < -0.3 is 10.2 Å². The van der Waals surface area contributed by atoms with E-state index in [9.17, 15) is 9.59 Å². The van der Waals surface area contributed by atoms with E-state index in [1.165, 1.54) is 0 Å². The molecule has 1 aliphatic rings. The number of rotatable bonds is 5. The van der Waals surface area contributed by atoms with Crippen LogP contribution in [0.15, 0.2) is 78.9 Å². The second-order valence-electron chi connectivity index (χ2n) is 7.46. The van der Waals surface area contributed by atoms with E-state index in [-0.39, 0.29) is 11.7 Å². The average molecular weight is 419 g/mol. The molecule has 0 unspecified atom stereocenters. The molecule has 1 aliphatic heterocycles. The molecular formula is C25H23ClN2O2. The Morgan fingerprint density at radius 2 is 1.40 bits per heavy atom. The van der Waals surface area contributed by atoms with Gasteiger partial charge in [-0.3, -0.25) is 9.59 Å². The minimum atomic E-state index is -0.170. The van der Waals surface area contributed by atoms with Gasteiger partial charge in [0.25, 0.3) is 5.91 Å². The summed E-state index contributed by atoms with van der Waals surface area (Å²) in [6, 6.07) is 24.2. The van der Waals surface area contributed by atoms with Crippen LogP contribution in [0.25, 0.3) is 0 Å². The van der Waals surface area contributed by atoms with E-state index < -0.39 is 0 Å². The first-order valence-electron chi connectivity index (χ1n) is 10.1. The summed E-state index contributed by atoms with van der Waals surface area (Å²) in [5.41, 5.74) is 2.49. The van der Waals surface area contributed by atoms with Crippen LogP contribution >= 0.6 is 11.6 Å². The van der Waals surface area contributed by atoms with Crippen LogP contribution in [-0.2, 0) is 0 Å². The first-order valence-corrected chi connectivity index (χ1v) is 10.5. The molecule has 0 aromatic heterocycles. The van der Waals surface area contributed by atoms with Crippen LogP contribution in [0.3, 0.4) is 0 Å². The monoisotopic (exact) mass is 418 g/mol. The number of likely N-dealkylation sites (tertiary alicyclic amines) is 1. The first kappa shape index (κ1) is 20.2. The summed E-state index contributed by atoms with van der Waals surface area (Å²) in [6.07, 6.45) is 1.74. The molecule has 0 atom stereocenters. The molecule has 0 aliphatic carbocycles. The minimum Gasteiger partial charge on any atom is -0.382 e. The van der Waals surface area contributed by atoms with Crippen LogP contribution in [0.4, 0.5) is 5.69 Å². The van der Waals surface area contributed by atoms with Crippen LogP contribution in [0.1, 0.15) is 39.1 Å². The van der Waals surface area contributed by atoms with Gasteiger partial charge in [-0.15, -0.1) is 0 Å². The number of amides is 1. The molecule has 3 aromatic carbocycles. The van der Waals surface area contributed by atoms with Crippen molar-refractivity contribution in [3.8, 4) is 0 Å². The van der Waals surface area contributed by atoms with Crippen LogP contribution in [0.2, 0.25) is 5.02 Å². The van der Waals surface area contributed by atoms with Crippen molar-refractivity contribution >= 4 is 29.0 Å². The van der Waals surface area contributed by atoms with Gasteiger partial charge in [-0.2, -0.15) is 0 Å². The van der Waals surface area contributed by atoms with Crippen molar-refractivity contribution in [2.24, 2.45) is 0 Å². The average Bonchev–Trinajstić information content (AvgIpc) is 2.80. The largest absolute Gasteiger partial charge is 0.382 e. The maximum atomic E-state index is 13.2. The lowest BCUT2D eigenvalue weighted by atomic mass is 9.96. The van der Waals surface area contributed by atoms with Crippen molar-refractivity contribution in [3.63, 3.8) is 0 Å². The molecule has 4 rings (SSSR count). The van der Waals surface area contributed by atoms with Crippen molar-refractivity contribution in [1.29, 1.82) is 0 Å². The maximum Gasteiger partial charge on any atom is 0.254 e. The van der Waals surface area contributed by atoms with Crippen molar-refractivity contribution < 1.29 is 9.59 Å². The number of piperidine rings is 1. The fourth-order valence-electron chi connectivity index (χ4n) is 3.79. The van der Waals surface area contributed by atoms with Gasteiger partial charge in [0.1, 0.15) is 0 Å².